The van der Waals surface area contributed by atoms with E-state index < -0.39 is 33.6 Å². The van der Waals surface area contributed by atoms with Crippen molar-refractivity contribution in [2.24, 2.45) is 0 Å². The zero-order chi connectivity index (χ0) is 6.85. The van der Waals surface area contributed by atoms with Gasteiger partial charge in [-0.25, -0.2) is 0 Å². The molecule has 0 aliphatic carbocycles. The maximum Gasteiger partial charge on any atom is 1.15 e. The monoisotopic (exact) mass is 148 g/mol. The van der Waals surface area contributed by atoms with Gasteiger partial charge in [-0.05, 0) is 0 Å². The summed E-state index contributed by atoms with van der Waals surface area (Å²) in [7, 11) is 0. The maximum atomic E-state index is 11.9. The molecule has 9 heavy (non-hydrogen) atoms. The Balaban J connectivity index is 2.53. The van der Waals surface area contributed by atoms with Gasteiger partial charge < -0.3 is 11.1 Å². The topological polar surface area (TPSA) is 52.6 Å². The first-order valence-corrected chi connectivity index (χ1v) is 3.59. The Labute approximate surface area is 55.1 Å². The van der Waals surface area contributed by atoms with Crippen molar-refractivity contribution in [1.29, 1.82) is 0 Å². The second-order valence-electron chi connectivity index (χ2n) is 1.43. The lowest BCUT2D eigenvalue weighted by molar-refractivity contribution is -0.153. The molecule has 0 atom stereocenters. The summed E-state index contributed by atoms with van der Waals surface area (Å²) >= 11 is -3.41. The van der Waals surface area contributed by atoms with Crippen LogP contribution < -0.4 is 0 Å². The molecule has 1 aliphatic rings. The number of carbonyl (C=O) groups excluding carboxylic acids is 2. The van der Waals surface area contributed by atoms with Crippen molar-refractivity contribution >= 4 is 27.2 Å². The zero-order valence-corrected chi connectivity index (χ0v) is 5.45. The lowest BCUT2D eigenvalue weighted by Crippen LogP contribution is -2.32. The Hall–Kier alpha value is -0.598. The maximum absolute atomic E-state index is 11.9. The summed E-state index contributed by atoms with van der Waals surface area (Å²) in [6, 6.07) is 0. The van der Waals surface area contributed by atoms with E-state index in [1.807, 2.05) is 0 Å². The Bertz CT molecular complexity index is 142. The number of carbonyl (C=O) groups is 2. The minimum atomic E-state index is -3.41. The Morgan fingerprint density at radius 3 is 2.11 bits per heavy atom. The molecule has 1 aliphatic heterocycles. The first-order valence-electron chi connectivity index (χ1n) is 2.21. The average molecular weight is 148 g/mol. The summed E-state index contributed by atoms with van der Waals surface area (Å²) in [5, 5.41) is 0. The molecule has 1 saturated heterocycles. The molecule has 6 heteroatoms. The first kappa shape index (κ1) is 6.52. The van der Waals surface area contributed by atoms with E-state index >= 15 is 0 Å². The van der Waals surface area contributed by atoms with Gasteiger partial charge in [-0.15, -0.1) is 0 Å². The van der Waals surface area contributed by atoms with E-state index in [4.69, 9.17) is 0 Å². The molecule has 0 amide bonds. The van der Waals surface area contributed by atoms with Crippen LogP contribution in [0.4, 0.5) is 3.52 Å². The van der Waals surface area contributed by atoms with Crippen LogP contribution in [0.5, 0.6) is 0 Å². The third-order valence-electron chi connectivity index (χ3n) is 0.737. The van der Waals surface area contributed by atoms with Crippen molar-refractivity contribution in [3.05, 3.63) is 0 Å². The van der Waals surface area contributed by atoms with Gasteiger partial charge in [0.15, 0.2) is 0 Å². The van der Waals surface area contributed by atoms with Gasteiger partial charge in [0.2, 0.25) is 0 Å². The molecule has 1 heterocycles. The van der Waals surface area contributed by atoms with Crippen LogP contribution in [-0.2, 0) is 17.2 Å². The van der Waals surface area contributed by atoms with Gasteiger partial charge >= 0.3 is 15.3 Å². The number of halogens is 1. The first-order chi connectivity index (χ1) is 4.18. The van der Waals surface area contributed by atoms with Crippen LogP contribution >= 0.6 is 0 Å². The van der Waals surface area contributed by atoms with Crippen LogP contribution in [0.2, 0.25) is 0 Å². The predicted molar refractivity (Wildman–Crippen MR) is 23.7 cm³/mol. The lowest BCUT2D eigenvalue weighted by atomic mass is 10.5. The van der Waals surface area contributed by atoms with E-state index in [1.165, 1.54) is 0 Å². The zero-order valence-electron chi connectivity index (χ0n) is 4.30. The Morgan fingerprint density at radius 1 is 1.33 bits per heavy atom. The third kappa shape index (κ3) is 1.66. The minimum absolute atomic E-state index is 0.465. The molecule has 4 nitrogen and oxygen atoms in total. The summed E-state index contributed by atoms with van der Waals surface area (Å²) < 4.78 is 19.8. The Kier molecular flexibility index (Phi) is 1.69. The fourth-order valence-corrected chi connectivity index (χ4v) is 1.06. The van der Waals surface area contributed by atoms with Crippen LogP contribution in [0, 0.1) is 0 Å². The molecular formula is C3H2AlFO4. The van der Waals surface area contributed by atoms with Gasteiger partial charge in [-0.1, -0.05) is 0 Å². The lowest BCUT2D eigenvalue weighted by Gasteiger charge is -2.11. The average Bonchev–Trinajstić information content (AvgIpc) is 1.59. The summed E-state index contributed by atoms with van der Waals surface area (Å²) in [6.07, 6.45) is -0.465. The van der Waals surface area contributed by atoms with Crippen molar-refractivity contribution < 1.29 is 20.7 Å². The molecule has 1 fully saturated rings. The van der Waals surface area contributed by atoms with Crippen LogP contribution in [0.1, 0.15) is 6.42 Å². The second kappa shape index (κ2) is 2.33. The quantitative estimate of drug-likeness (QED) is 0.341. The van der Waals surface area contributed by atoms with Gasteiger partial charge in [-0.2, -0.15) is 0 Å². The normalized spacial score (nSPS) is 19.0. The molecule has 0 radical (unpaired) electrons. The fraction of sp³-hybridized carbons (Fsp3) is 0.333. The molecule has 0 spiro atoms. The van der Waals surface area contributed by atoms with Crippen LogP contribution in [0.25, 0.3) is 0 Å². The van der Waals surface area contributed by atoms with Crippen molar-refractivity contribution in [1.82, 2.24) is 0 Å². The minimum Gasteiger partial charge on any atom is -0.558 e. The van der Waals surface area contributed by atoms with E-state index in [9.17, 15) is 13.1 Å². The second-order valence-corrected chi connectivity index (χ2v) is 2.45. The van der Waals surface area contributed by atoms with Crippen molar-refractivity contribution in [2.45, 2.75) is 6.42 Å². The number of rotatable bonds is 0. The largest absolute Gasteiger partial charge is 1.15 e. The van der Waals surface area contributed by atoms with E-state index in [1.54, 1.807) is 0 Å². The highest BCUT2D eigenvalue weighted by Crippen LogP contribution is 2.04. The molecule has 0 N–H and O–H groups in total. The summed E-state index contributed by atoms with van der Waals surface area (Å²) in [5.41, 5.74) is 0. The van der Waals surface area contributed by atoms with Gasteiger partial charge in [0.1, 0.15) is 6.42 Å². The highest BCUT2D eigenvalue weighted by Gasteiger charge is 2.46. The van der Waals surface area contributed by atoms with Gasteiger partial charge in [0, 0.05) is 0 Å². The van der Waals surface area contributed by atoms with Crippen LogP contribution in [0.3, 0.4) is 0 Å². The molecule has 0 aromatic heterocycles. The highest BCUT2D eigenvalue weighted by molar-refractivity contribution is 6.43. The summed E-state index contributed by atoms with van der Waals surface area (Å²) in [6.45, 7) is 0. The third-order valence-corrected chi connectivity index (χ3v) is 1.63. The van der Waals surface area contributed by atoms with Gasteiger partial charge in [0.25, 0.3) is 11.9 Å². The molecule has 0 unspecified atom stereocenters. The van der Waals surface area contributed by atoms with Crippen molar-refractivity contribution in [2.75, 3.05) is 0 Å². The smallest absolute Gasteiger partial charge is 0.558 e. The molecule has 48 valence electrons. The fourth-order valence-electron chi connectivity index (χ4n) is 0.432. The summed E-state index contributed by atoms with van der Waals surface area (Å²) in [5.74, 6) is -1.66. The van der Waals surface area contributed by atoms with Crippen LogP contribution in [0.15, 0.2) is 0 Å². The SMILES string of the molecule is O=C1CC(=O)[O][Al]([F])[O]1. The van der Waals surface area contributed by atoms with E-state index in [-0.39, 0.29) is 0 Å². The molecular weight excluding hydrogens is 146 g/mol. The van der Waals surface area contributed by atoms with Crippen molar-refractivity contribution in [3.63, 3.8) is 0 Å². The summed E-state index contributed by atoms with van der Waals surface area (Å²) in [4.78, 5) is 20.3. The molecule has 0 bridgehead atoms. The number of hydrogen-bond donors (Lipinski definition) is 0. The van der Waals surface area contributed by atoms with Gasteiger partial charge in [0.05, 0.1) is 0 Å². The standard InChI is InChI=1S/C3H4O4.Al.FH/c4-2(5)1-3(6)7;;/h1H2,(H,4,5)(H,6,7);;1H/q;+3;/p-3. The molecule has 0 aromatic carbocycles. The predicted octanol–water partition coefficient (Wildman–Crippen LogP) is -0.569. The van der Waals surface area contributed by atoms with Crippen LogP contribution in [-0.4, -0.2) is 27.2 Å². The molecule has 0 saturated carbocycles. The van der Waals surface area contributed by atoms with E-state index in [2.05, 4.69) is 7.58 Å². The molecule has 1 rings (SSSR count). The number of hydrogen-bond acceptors (Lipinski definition) is 4. The highest BCUT2D eigenvalue weighted by atomic mass is 27.3. The van der Waals surface area contributed by atoms with Gasteiger partial charge in [-0.3, -0.25) is 9.59 Å². The van der Waals surface area contributed by atoms with E-state index in [0.29, 0.717) is 0 Å². The van der Waals surface area contributed by atoms with Crippen molar-refractivity contribution in [3.8, 4) is 0 Å². The molecule has 0 aromatic rings. The Morgan fingerprint density at radius 2 is 1.78 bits per heavy atom. The van der Waals surface area contributed by atoms with E-state index in [0.717, 1.165) is 0 Å².